The summed E-state index contributed by atoms with van der Waals surface area (Å²) in [6.45, 7) is 4.45. The van der Waals surface area contributed by atoms with Gasteiger partial charge in [-0.05, 0) is 29.3 Å². The van der Waals surface area contributed by atoms with Gasteiger partial charge in [0.15, 0.2) is 0 Å². The molecule has 27 heavy (non-hydrogen) atoms. The van der Waals surface area contributed by atoms with Crippen LogP contribution in [0, 0.1) is 17.0 Å². The van der Waals surface area contributed by atoms with Crippen molar-refractivity contribution in [1.82, 2.24) is 4.90 Å². The minimum absolute atomic E-state index is 0.151. The Bertz CT molecular complexity index is 849. The number of hydrogen-bond donors (Lipinski definition) is 1. The molecule has 3 nitrogen and oxygen atoms in total. The Kier molecular flexibility index (Phi) is 5.53. The molecule has 2 aromatic rings. The highest BCUT2D eigenvalue weighted by molar-refractivity contribution is 5.70. The third kappa shape index (κ3) is 4.15. The minimum atomic E-state index is -1.11. The SMILES string of the molecule is CC(C)(CN1CC(c2cc(F)ccc2F)=CC1c1ccccc1)[C@H](O)C=O. The van der Waals surface area contributed by atoms with Crippen molar-refractivity contribution in [2.24, 2.45) is 5.41 Å². The molecule has 1 aliphatic rings. The average Bonchev–Trinajstić information content (AvgIpc) is 3.06. The molecule has 5 heteroatoms. The molecule has 2 atom stereocenters. The van der Waals surface area contributed by atoms with Crippen molar-refractivity contribution < 1.29 is 18.7 Å². The van der Waals surface area contributed by atoms with Crippen LogP contribution in [0.15, 0.2) is 54.6 Å². The lowest BCUT2D eigenvalue weighted by Gasteiger charge is -2.35. The average molecular weight is 371 g/mol. The molecule has 3 rings (SSSR count). The molecule has 0 aromatic heterocycles. The van der Waals surface area contributed by atoms with Gasteiger partial charge in [0, 0.05) is 24.1 Å². The van der Waals surface area contributed by atoms with Gasteiger partial charge in [-0.3, -0.25) is 4.90 Å². The lowest BCUT2D eigenvalue weighted by atomic mass is 9.86. The molecule has 0 fully saturated rings. The Hall–Kier alpha value is -2.37. The van der Waals surface area contributed by atoms with Crippen LogP contribution in [0.2, 0.25) is 0 Å². The molecular weight excluding hydrogens is 348 g/mol. The molecule has 0 saturated carbocycles. The summed E-state index contributed by atoms with van der Waals surface area (Å²) in [5.41, 5.74) is 1.27. The van der Waals surface area contributed by atoms with Crippen LogP contribution in [0.1, 0.15) is 31.0 Å². The summed E-state index contributed by atoms with van der Waals surface area (Å²) in [7, 11) is 0. The summed E-state index contributed by atoms with van der Waals surface area (Å²) in [5.74, 6) is -0.956. The lowest BCUT2D eigenvalue weighted by molar-refractivity contribution is -0.121. The van der Waals surface area contributed by atoms with E-state index in [0.717, 1.165) is 17.7 Å². The highest BCUT2D eigenvalue weighted by Crippen LogP contribution is 2.38. The maximum absolute atomic E-state index is 14.3. The van der Waals surface area contributed by atoms with Crippen LogP contribution >= 0.6 is 0 Å². The van der Waals surface area contributed by atoms with Crippen molar-refractivity contribution in [1.29, 1.82) is 0 Å². The predicted octanol–water partition coefficient (Wildman–Crippen LogP) is 3.99. The van der Waals surface area contributed by atoms with Gasteiger partial charge in [-0.15, -0.1) is 0 Å². The molecule has 1 heterocycles. The second-order valence-electron chi connectivity index (χ2n) is 7.65. The molecule has 0 bridgehead atoms. The van der Waals surface area contributed by atoms with Crippen LogP contribution < -0.4 is 0 Å². The van der Waals surface area contributed by atoms with Crippen LogP contribution in [0.5, 0.6) is 0 Å². The lowest BCUT2D eigenvalue weighted by Crippen LogP contribution is -2.42. The third-order valence-electron chi connectivity index (χ3n) is 5.08. The summed E-state index contributed by atoms with van der Waals surface area (Å²) in [5, 5.41) is 10.0. The summed E-state index contributed by atoms with van der Waals surface area (Å²) in [4.78, 5) is 13.1. The molecule has 0 radical (unpaired) electrons. The van der Waals surface area contributed by atoms with Gasteiger partial charge in [0.25, 0.3) is 0 Å². The van der Waals surface area contributed by atoms with Crippen molar-refractivity contribution in [3.05, 3.63) is 77.4 Å². The van der Waals surface area contributed by atoms with Gasteiger partial charge in [-0.1, -0.05) is 50.3 Å². The molecule has 1 unspecified atom stereocenters. The molecule has 0 amide bonds. The third-order valence-corrected chi connectivity index (χ3v) is 5.08. The highest BCUT2D eigenvalue weighted by Gasteiger charge is 2.35. The van der Waals surface area contributed by atoms with Gasteiger partial charge in [-0.25, -0.2) is 8.78 Å². The standard InChI is InChI=1S/C22H23F2NO2/c1-22(2,21(27)13-26)14-25-12-16(18-11-17(23)8-9-19(18)24)10-20(25)15-6-4-3-5-7-15/h3-11,13,20-21,27H,12,14H2,1-2H3/t20?,21-/m1/s1. The number of nitrogens with zero attached hydrogens (tertiary/aromatic N) is 1. The normalized spacial score (nSPS) is 19.0. The fourth-order valence-electron chi connectivity index (χ4n) is 3.50. The zero-order chi connectivity index (χ0) is 19.6. The topological polar surface area (TPSA) is 40.5 Å². The Morgan fingerprint density at radius 3 is 2.59 bits per heavy atom. The molecule has 0 aliphatic carbocycles. The number of hydrogen-bond acceptors (Lipinski definition) is 3. The number of halogens is 2. The number of rotatable bonds is 6. The number of aliphatic hydroxyl groups excluding tert-OH is 1. The summed E-state index contributed by atoms with van der Waals surface area (Å²) >= 11 is 0. The van der Waals surface area contributed by atoms with Gasteiger partial charge in [0.1, 0.15) is 24.0 Å². The quantitative estimate of drug-likeness (QED) is 0.781. The van der Waals surface area contributed by atoms with Gasteiger partial charge in [0.05, 0.1) is 6.04 Å². The number of carbonyl (C=O) groups is 1. The Labute approximate surface area is 157 Å². The van der Waals surface area contributed by atoms with Crippen molar-refractivity contribution in [3.8, 4) is 0 Å². The van der Waals surface area contributed by atoms with Crippen molar-refractivity contribution in [2.75, 3.05) is 13.1 Å². The first-order chi connectivity index (χ1) is 12.8. The van der Waals surface area contributed by atoms with E-state index in [1.807, 2.05) is 50.3 Å². The first-order valence-electron chi connectivity index (χ1n) is 8.90. The van der Waals surface area contributed by atoms with E-state index in [1.54, 1.807) is 0 Å². The molecular formula is C22H23F2NO2. The van der Waals surface area contributed by atoms with E-state index in [1.165, 1.54) is 6.07 Å². The summed E-state index contributed by atoms with van der Waals surface area (Å²) < 4.78 is 27.9. The number of carbonyl (C=O) groups excluding carboxylic acids is 1. The predicted molar refractivity (Wildman–Crippen MR) is 101 cm³/mol. The van der Waals surface area contributed by atoms with Crippen LogP contribution in [-0.4, -0.2) is 35.5 Å². The fraction of sp³-hybridized carbons (Fsp3) is 0.318. The largest absolute Gasteiger partial charge is 0.385 e. The van der Waals surface area contributed by atoms with Crippen molar-refractivity contribution in [3.63, 3.8) is 0 Å². The zero-order valence-corrected chi connectivity index (χ0v) is 15.4. The zero-order valence-electron chi connectivity index (χ0n) is 15.4. The van der Waals surface area contributed by atoms with E-state index < -0.39 is 23.2 Å². The van der Waals surface area contributed by atoms with E-state index in [4.69, 9.17) is 0 Å². The number of benzene rings is 2. The van der Waals surface area contributed by atoms with E-state index in [0.29, 0.717) is 24.9 Å². The summed E-state index contributed by atoms with van der Waals surface area (Å²) in [6.07, 6.45) is 1.36. The minimum Gasteiger partial charge on any atom is -0.385 e. The van der Waals surface area contributed by atoms with Crippen LogP contribution in [-0.2, 0) is 4.79 Å². The van der Waals surface area contributed by atoms with E-state index >= 15 is 0 Å². The molecule has 0 spiro atoms. The Morgan fingerprint density at radius 1 is 1.22 bits per heavy atom. The molecule has 142 valence electrons. The molecule has 1 aliphatic heterocycles. The van der Waals surface area contributed by atoms with Gasteiger partial charge < -0.3 is 9.90 Å². The molecule has 0 saturated heterocycles. The van der Waals surface area contributed by atoms with Crippen LogP contribution in [0.4, 0.5) is 8.78 Å². The van der Waals surface area contributed by atoms with Gasteiger partial charge >= 0.3 is 0 Å². The Morgan fingerprint density at radius 2 is 1.93 bits per heavy atom. The van der Waals surface area contributed by atoms with Crippen molar-refractivity contribution in [2.45, 2.75) is 26.0 Å². The maximum atomic E-state index is 14.3. The first kappa shape index (κ1) is 19.4. The van der Waals surface area contributed by atoms with Crippen LogP contribution in [0.3, 0.4) is 0 Å². The fourth-order valence-corrected chi connectivity index (χ4v) is 3.50. The Balaban J connectivity index is 1.97. The van der Waals surface area contributed by atoms with Crippen molar-refractivity contribution >= 4 is 11.9 Å². The van der Waals surface area contributed by atoms with E-state index in [9.17, 15) is 18.7 Å². The smallest absolute Gasteiger partial charge is 0.149 e. The maximum Gasteiger partial charge on any atom is 0.149 e. The number of aliphatic hydroxyl groups is 1. The van der Waals surface area contributed by atoms with Gasteiger partial charge in [-0.2, -0.15) is 0 Å². The molecule has 1 N–H and O–H groups in total. The summed E-state index contributed by atoms with van der Waals surface area (Å²) in [6, 6.07) is 13.0. The highest BCUT2D eigenvalue weighted by atomic mass is 19.1. The second-order valence-corrected chi connectivity index (χ2v) is 7.65. The van der Waals surface area contributed by atoms with Crippen LogP contribution in [0.25, 0.3) is 5.57 Å². The first-order valence-corrected chi connectivity index (χ1v) is 8.90. The van der Waals surface area contributed by atoms with Gasteiger partial charge in [0.2, 0.25) is 0 Å². The monoisotopic (exact) mass is 371 g/mol. The molecule has 2 aromatic carbocycles. The number of aldehydes is 1. The van der Waals surface area contributed by atoms with E-state index in [2.05, 4.69) is 4.90 Å². The van der Waals surface area contributed by atoms with E-state index in [-0.39, 0.29) is 11.6 Å². The second kappa shape index (κ2) is 7.71.